The van der Waals surface area contributed by atoms with Crippen molar-refractivity contribution in [2.45, 2.75) is 30.1 Å². The van der Waals surface area contributed by atoms with Gasteiger partial charge < -0.3 is 15.4 Å². The maximum Gasteiger partial charge on any atom is 0.254 e. The average Bonchev–Trinajstić information content (AvgIpc) is 2.41. The van der Waals surface area contributed by atoms with Gasteiger partial charge in [0.05, 0.1) is 12.3 Å². The highest BCUT2D eigenvalue weighted by atomic mass is 32.2. The number of carbonyl (C=O) groups excluding carboxylic acids is 1. The molecule has 19 heavy (non-hydrogen) atoms. The molecule has 1 amide bonds. The van der Waals surface area contributed by atoms with Crippen molar-refractivity contribution >= 4 is 23.4 Å². The summed E-state index contributed by atoms with van der Waals surface area (Å²) in [5.74, 6) is -0.0796. The van der Waals surface area contributed by atoms with E-state index in [1.165, 1.54) is 0 Å². The van der Waals surface area contributed by atoms with Crippen molar-refractivity contribution in [3.63, 3.8) is 0 Å². The monoisotopic (exact) mass is 280 g/mol. The first kappa shape index (κ1) is 14.4. The number of hydrogen-bond acceptors (Lipinski definition) is 4. The molecule has 0 saturated carbocycles. The number of para-hydroxylation sites is 1. The Morgan fingerprint density at radius 3 is 2.95 bits per heavy atom. The summed E-state index contributed by atoms with van der Waals surface area (Å²) in [7, 11) is 0. The van der Waals surface area contributed by atoms with Gasteiger partial charge in [0.2, 0.25) is 0 Å². The number of amides is 1. The van der Waals surface area contributed by atoms with Gasteiger partial charge in [-0.1, -0.05) is 26.0 Å². The van der Waals surface area contributed by atoms with Gasteiger partial charge in [0.1, 0.15) is 6.10 Å². The lowest BCUT2D eigenvalue weighted by Crippen LogP contribution is -2.45. The lowest BCUT2D eigenvalue weighted by atomic mass is 10.2. The minimum Gasteiger partial charge on any atom is -0.366 e. The van der Waals surface area contributed by atoms with Crippen LogP contribution in [0.4, 0.5) is 5.69 Å². The van der Waals surface area contributed by atoms with E-state index in [-0.39, 0.29) is 5.91 Å². The third kappa shape index (κ3) is 4.23. The minimum absolute atomic E-state index is 0.0796. The Labute approximate surface area is 118 Å². The van der Waals surface area contributed by atoms with Crippen LogP contribution in [0.3, 0.4) is 0 Å². The molecular weight excluding hydrogens is 260 g/mol. The van der Waals surface area contributed by atoms with Gasteiger partial charge in [0, 0.05) is 23.2 Å². The molecule has 4 nitrogen and oxygen atoms in total. The fraction of sp³-hybridized carbons (Fsp3) is 0.500. The average molecular weight is 280 g/mol. The fourth-order valence-corrected chi connectivity index (χ4v) is 2.78. The largest absolute Gasteiger partial charge is 0.366 e. The van der Waals surface area contributed by atoms with Crippen molar-refractivity contribution in [1.29, 1.82) is 0 Å². The van der Waals surface area contributed by atoms with Crippen molar-refractivity contribution in [3.8, 4) is 0 Å². The van der Waals surface area contributed by atoms with Crippen LogP contribution in [0.2, 0.25) is 0 Å². The zero-order chi connectivity index (χ0) is 13.7. The van der Waals surface area contributed by atoms with Crippen molar-refractivity contribution in [2.24, 2.45) is 0 Å². The number of anilines is 1. The van der Waals surface area contributed by atoms with Crippen LogP contribution >= 0.6 is 11.8 Å². The first-order valence-corrected chi connectivity index (χ1v) is 7.43. The minimum atomic E-state index is -0.397. The summed E-state index contributed by atoms with van der Waals surface area (Å²) in [6.07, 6.45) is -0.397. The van der Waals surface area contributed by atoms with E-state index in [4.69, 9.17) is 4.74 Å². The summed E-state index contributed by atoms with van der Waals surface area (Å²) >= 11 is 1.74. The molecule has 1 atom stereocenters. The number of rotatable bonds is 4. The third-order valence-electron chi connectivity index (χ3n) is 2.73. The maximum atomic E-state index is 12.1. The van der Waals surface area contributed by atoms with E-state index < -0.39 is 6.10 Å². The van der Waals surface area contributed by atoms with Gasteiger partial charge in [-0.2, -0.15) is 0 Å². The lowest BCUT2D eigenvalue weighted by Gasteiger charge is -2.23. The molecule has 0 radical (unpaired) electrons. The summed E-state index contributed by atoms with van der Waals surface area (Å²) in [5, 5.41) is 6.60. The molecule has 0 spiro atoms. The van der Waals surface area contributed by atoms with Gasteiger partial charge in [0.15, 0.2) is 0 Å². The molecule has 5 heteroatoms. The molecule has 1 aliphatic rings. The highest BCUT2D eigenvalue weighted by Gasteiger charge is 2.22. The van der Waals surface area contributed by atoms with Crippen LogP contribution in [0.15, 0.2) is 29.2 Å². The summed E-state index contributed by atoms with van der Waals surface area (Å²) < 4.78 is 5.45. The normalized spacial score (nSPS) is 19.4. The Balaban J connectivity index is 2.03. The zero-order valence-electron chi connectivity index (χ0n) is 11.3. The first-order chi connectivity index (χ1) is 9.16. The second-order valence-corrected chi connectivity index (χ2v) is 6.33. The Hall–Kier alpha value is -1.04. The SMILES string of the molecule is CC(C)Sc1ccccc1NC(=O)C1CNCCO1. The molecule has 104 valence electrons. The van der Waals surface area contributed by atoms with Crippen LogP contribution in [0.1, 0.15) is 13.8 Å². The zero-order valence-corrected chi connectivity index (χ0v) is 12.1. The Bertz CT molecular complexity index is 431. The maximum absolute atomic E-state index is 12.1. The van der Waals surface area contributed by atoms with E-state index in [9.17, 15) is 4.79 Å². The number of benzene rings is 1. The number of carbonyl (C=O) groups is 1. The molecule has 2 N–H and O–H groups in total. The van der Waals surface area contributed by atoms with Crippen molar-refractivity contribution in [1.82, 2.24) is 5.32 Å². The third-order valence-corrected chi connectivity index (χ3v) is 3.81. The molecule has 2 rings (SSSR count). The van der Waals surface area contributed by atoms with Crippen molar-refractivity contribution in [2.75, 3.05) is 25.0 Å². The van der Waals surface area contributed by atoms with Crippen LogP contribution in [0.25, 0.3) is 0 Å². The van der Waals surface area contributed by atoms with E-state index in [0.717, 1.165) is 17.1 Å². The van der Waals surface area contributed by atoms with Crippen LogP contribution in [0.5, 0.6) is 0 Å². The smallest absolute Gasteiger partial charge is 0.254 e. The molecule has 1 unspecified atom stereocenters. The molecular formula is C14H20N2O2S. The second-order valence-electron chi connectivity index (χ2n) is 4.72. The Morgan fingerprint density at radius 2 is 2.26 bits per heavy atom. The molecule has 1 aromatic rings. The number of morpholine rings is 1. The van der Waals surface area contributed by atoms with Crippen molar-refractivity contribution in [3.05, 3.63) is 24.3 Å². The van der Waals surface area contributed by atoms with Gasteiger partial charge in [-0.15, -0.1) is 11.8 Å². The summed E-state index contributed by atoms with van der Waals surface area (Å²) in [6, 6.07) is 7.87. The molecule has 1 aliphatic heterocycles. The highest BCUT2D eigenvalue weighted by Crippen LogP contribution is 2.30. The highest BCUT2D eigenvalue weighted by molar-refractivity contribution is 8.00. The molecule has 1 heterocycles. The van der Waals surface area contributed by atoms with E-state index in [1.54, 1.807) is 11.8 Å². The summed E-state index contributed by atoms with van der Waals surface area (Å²) in [5.41, 5.74) is 0.861. The predicted molar refractivity (Wildman–Crippen MR) is 78.7 cm³/mol. The van der Waals surface area contributed by atoms with Crippen LogP contribution in [-0.2, 0) is 9.53 Å². The van der Waals surface area contributed by atoms with Crippen LogP contribution in [0, 0.1) is 0 Å². The van der Waals surface area contributed by atoms with Gasteiger partial charge in [-0.25, -0.2) is 0 Å². The van der Waals surface area contributed by atoms with E-state index in [1.807, 2.05) is 24.3 Å². The van der Waals surface area contributed by atoms with E-state index in [0.29, 0.717) is 18.4 Å². The van der Waals surface area contributed by atoms with E-state index in [2.05, 4.69) is 24.5 Å². The molecule has 0 aromatic heterocycles. The number of ether oxygens (including phenoxy) is 1. The van der Waals surface area contributed by atoms with Gasteiger partial charge >= 0.3 is 0 Å². The molecule has 0 aliphatic carbocycles. The Morgan fingerprint density at radius 1 is 1.47 bits per heavy atom. The quantitative estimate of drug-likeness (QED) is 0.830. The van der Waals surface area contributed by atoms with Crippen LogP contribution < -0.4 is 10.6 Å². The van der Waals surface area contributed by atoms with E-state index >= 15 is 0 Å². The van der Waals surface area contributed by atoms with Crippen molar-refractivity contribution < 1.29 is 9.53 Å². The lowest BCUT2D eigenvalue weighted by molar-refractivity contribution is -0.128. The summed E-state index contributed by atoms with van der Waals surface area (Å²) in [4.78, 5) is 13.2. The first-order valence-electron chi connectivity index (χ1n) is 6.55. The van der Waals surface area contributed by atoms with Crippen LogP contribution in [-0.4, -0.2) is 37.0 Å². The van der Waals surface area contributed by atoms with Gasteiger partial charge in [-0.3, -0.25) is 4.79 Å². The van der Waals surface area contributed by atoms with Gasteiger partial charge in [-0.05, 0) is 12.1 Å². The second kappa shape index (κ2) is 6.93. The predicted octanol–water partition coefficient (Wildman–Crippen LogP) is 2.11. The molecule has 1 saturated heterocycles. The molecule has 1 fully saturated rings. The standard InChI is InChI=1S/C14H20N2O2S/c1-10(2)19-13-6-4-3-5-11(13)16-14(17)12-9-15-7-8-18-12/h3-6,10,12,15H,7-9H2,1-2H3,(H,16,17). The molecule has 1 aromatic carbocycles. The number of hydrogen-bond donors (Lipinski definition) is 2. The topological polar surface area (TPSA) is 50.4 Å². The number of thioether (sulfide) groups is 1. The molecule has 0 bridgehead atoms. The number of nitrogens with one attached hydrogen (secondary N) is 2. The summed E-state index contributed by atoms with van der Waals surface area (Å²) in [6.45, 7) is 6.24. The Kier molecular flexibility index (Phi) is 5.24. The fourth-order valence-electron chi connectivity index (χ4n) is 1.87. The van der Waals surface area contributed by atoms with Gasteiger partial charge in [0.25, 0.3) is 5.91 Å².